The number of aliphatic hydroxyl groups is 2. The van der Waals surface area contributed by atoms with Crippen LogP contribution in [0.2, 0.25) is 0 Å². The van der Waals surface area contributed by atoms with Crippen LogP contribution in [-0.2, 0) is 9.53 Å². The molecule has 0 saturated carbocycles. The van der Waals surface area contributed by atoms with Gasteiger partial charge in [0, 0.05) is 13.5 Å². The number of carbonyl (C=O) groups excluding carboxylic acids is 1. The van der Waals surface area contributed by atoms with Gasteiger partial charge in [-0.1, -0.05) is 19.3 Å². The van der Waals surface area contributed by atoms with E-state index in [4.69, 9.17) is 10.5 Å². The number of unbranched alkanes of at least 4 members (excludes halogenated alkanes) is 2. The molecule has 4 atom stereocenters. The number of aromatic nitrogens is 4. The molecule has 1 amide bonds. The second kappa shape index (κ2) is 7.87. The summed E-state index contributed by atoms with van der Waals surface area (Å²) in [6.45, 7) is 2.08. The molecule has 0 aromatic carbocycles. The summed E-state index contributed by atoms with van der Waals surface area (Å²) < 4.78 is 6.98. The monoisotopic (exact) mass is 374 g/mol. The van der Waals surface area contributed by atoms with E-state index in [1.807, 2.05) is 0 Å². The number of rotatable bonds is 4. The van der Waals surface area contributed by atoms with Gasteiger partial charge >= 0.3 is 0 Å². The van der Waals surface area contributed by atoms with Gasteiger partial charge in [0.1, 0.15) is 17.7 Å². The number of hydrogen-bond donors (Lipinski definition) is 4. The van der Waals surface area contributed by atoms with Gasteiger partial charge in [0.25, 0.3) is 5.91 Å². The van der Waals surface area contributed by atoms with E-state index in [0.29, 0.717) is 11.2 Å². The highest BCUT2D eigenvalue weighted by Gasteiger charge is 2.47. The average Bonchev–Trinajstić information content (AvgIpc) is 3.20. The van der Waals surface area contributed by atoms with Gasteiger partial charge in [-0.05, 0) is 12.3 Å². The molecule has 1 fully saturated rings. The van der Waals surface area contributed by atoms with E-state index in [2.05, 4.69) is 39.0 Å². The molecule has 2 aromatic heterocycles. The lowest BCUT2D eigenvalue weighted by Crippen LogP contribution is -2.41. The van der Waals surface area contributed by atoms with Crippen LogP contribution < -0.4 is 11.1 Å². The average molecular weight is 374 g/mol. The molecule has 1 aliphatic rings. The third-order valence-corrected chi connectivity index (χ3v) is 4.32. The fraction of sp³-hybridized carbons (Fsp3) is 0.529. The van der Waals surface area contributed by atoms with Crippen molar-refractivity contribution in [2.45, 2.75) is 50.7 Å². The van der Waals surface area contributed by atoms with Crippen molar-refractivity contribution in [1.29, 1.82) is 0 Å². The molecule has 1 unspecified atom stereocenters. The molecule has 0 aliphatic carbocycles. The molecule has 0 bridgehead atoms. The normalized spacial score (nSPS) is 24.6. The minimum atomic E-state index is -1.39. The Hall–Kier alpha value is -2.74. The molecule has 0 radical (unpaired) electrons. The van der Waals surface area contributed by atoms with Crippen LogP contribution >= 0.6 is 0 Å². The first-order valence-corrected chi connectivity index (χ1v) is 8.70. The Labute approximate surface area is 155 Å². The fourth-order valence-corrected chi connectivity index (χ4v) is 2.84. The Morgan fingerprint density at radius 3 is 2.89 bits per heavy atom. The van der Waals surface area contributed by atoms with Crippen molar-refractivity contribution < 1.29 is 19.7 Å². The number of likely N-dealkylation sites (N-methyl/N-ethyl adjacent to an activating group) is 1. The number of hydrogen-bond acceptors (Lipinski definition) is 8. The molecule has 10 nitrogen and oxygen atoms in total. The molecule has 2 aromatic rings. The largest absolute Gasteiger partial charge is 0.387 e. The van der Waals surface area contributed by atoms with Crippen LogP contribution in [0.5, 0.6) is 0 Å². The summed E-state index contributed by atoms with van der Waals surface area (Å²) in [6, 6.07) is 0. The molecule has 3 heterocycles. The number of nitrogens with one attached hydrogen (secondary N) is 1. The molecule has 27 heavy (non-hydrogen) atoms. The highest BCUT2D eigenvalue weighted by molar-refractivity contribution is 5.83. The van der Waals surface area contributed by atoms with Crippen LogP contribution in [0.25, 0.3) is 11.2 Å². The van der Waals surface area contributed by atoms with Crippen molar-refractivity contribution in [2.75, 3.05) is 12.8 Å². The van der Waals surface area contributed by atoms with Gasteiger partial charge in [0.2, 0.25) is 5.82 Å². The van der Waals surface area contributed by atoms with Crippen LogP contribution in [0, 0.1) is 11.8 Å². The van der Waals surface area contributed by atoms with Crippen molar-refractivity contribution >= 4 is 22.9 Å². The molecule has 0 spiro atoms. The topological polar surface area (TPSA) is 148 Å². The number of ether oxygens (including phenoxy) is 1. The SMILES string of the molecule is CCCCC#Cc1nc(N)c2ncn(C3O[C@H](C(=O)NC)[C@@H](O)[C@H]3O)c2n1. The number of fused-ring (bicyclic) bond motifs is 1. The number of carbonyl (C=O) groups is 1. The Kier molecular flexibility index (Phi) is 5.55. The number of nitrogen functional groups attached to an aromatic ring is 1. The maximum absolute atomic E-state index is 11.8. The molecule has 5 N–H and O–H groups in total. The van der Waals surface area contributed by atoms with Gasteiger partial charge < -0.3 is 26.0 Å². The predicted octanol–water partition coefficient (Wildman–Crippen LogP) is -0.685. The number of anilines is 1. The van der Waals surface area contributed by atoms with Gasteiger partial charge in [-0.15, -0.1) is 0 Å². The van der Waals surface area contributed by atoms with Crippen molar-refractivity contribution in [1.82, 2.24) is 24.8 Å². The maximum atomic E-state index is 11.8. The van der Waals surface area contributed by atoms with Crippen molar-refractivity contribution in [3.63, 3.8) is 0 Å². The smallest absolute Gasteiger partial charge is 0.251 e. The van der Waals surface area contributed by atoms with Crippen molar-refractivity contribution in [3.8, 4) is 11.8 Å². The van der Waals surface area contributed by atoms with Crippen LogP contribution in [0.1, 0.15) is 38.2 Å². The van der Waals surface area contributed by atoms with Crippen LogP contribution in [-0.4, -0.2) is 61.0 Å². The zero-order valence-electron chi connectivity index (χ0n) is 15.1. The lowest BCUT2D eigenvalue weighted by atomic mass is 10.1. The van der Waals surface area contributed by atoms with Crippen LogP contribution in [0.4, 0.5) is 5.82 Å². The van der Waals surface area contributed by atoms with Gasteiger partial charge in [0.15, 0.2) is 23.8 Å². The molecule has 1 saturated heterocycles. The highest BCUT2D eigenvalue weighted by Crippen LogP contribution is 2.32. The number of amides is 1. The zero-order valence-corrected chi connectivity index (χ0v) is 15.1. The quantitative estimate of drug-likeness (QED) is 0.406. The first kappa shape index (κ1) is 19.0. The summed E-state index contributed by atoms with van der Waals surface area (Å²) in [7, 11) is 1.42. The van der Waals surface area contributed by atoms with Crippen LogP contribution in [0.15, 0.2) is 6.33 Å². The third kappa shape index (κ3) is 3.57. The number of imidazole rings is 1. The number of nitrogens with two attached hydrogens (primary N) is 1. The molecule has 10 heteroatoms. The van der Waals surface area contributed by atoms with E-state index in [1.54, 1.807) is 0 Å². The molecular formula is C17H22N6O4. The van der Waals surface area contributed by atoms with E-state index >= 15 is 0 Å². The fourth-order valence-electron chi connectivity index (χ4n) is 2.84. The zero-order chi connectivity index (χ0) is 19.6. The Morgan fingerprint density at radius 2 is 2.19 bits per heavy atom. The second-order valence-corrected chi connectivity index (χ2v) is 6.20. The molecule has 1 aliphatic heterocycles. The summed E-state index contributed by atoms with van der Waals surface area (Å²) in [5.41, 5.74) is 6.57. The van der Waals surface area contributed by atoms with Gasteiger partial charge in [-0.2, -0.15) is 0 Å². The minimum absolute atomic E-state index is 0.148. The predicted molar refractivity (Wildman–Crippen MR) is 96.1 cm³/mol. The molecular weight excluding hydrogens is 352 g/mol. The summed E-state index contributed by atoms with van der Waals surface area (Å²) in [4.78, 5) is 24.5. The third-order valence-electron chi connectivity index (χ3n) is 4.32. The lowest BCUT2D eigenvalue weighted by molar-refractivity contribution is -0.137. The standard InChI is InChI=1S/C17H22N6O4/c1-3-4-5-6-7-9-21-14(18)10-15(22-9)23(8-20-10)17-12(25)11(24)13(27-17)16(26)19-2/h8,11-13,17,24-25H,3-5H2,1-2H3,(H,19,26)(H2,18,21,22)/t11-,12+,13-,17?/m0/s1. The lowest BCUT2D eigenvalue weighted by Gasteiger charge is -2.16. The van der Waals surface area contributed by atoms with E-state index in [9.17, 15) is 15.0 Å². The van der Waals surface area contributed by atoms with E-state index < -0.39 is 30.4 Å². The Bertz CT molecular complexity index is 902. The van der Waals surface area contributed by atoms with E-state index in [-0.39, 0.29) is 11.6 Å². The summed E-state index contributed by atoms with van der Waals surface area (Å²) in [5, 5.41) is 22.9. The van der Waals surface area contributed by atoms with Crippen molar-refractivity contribution in [2.24, 2.45) is 0 Å². The second-order valence-electron chi connectivity index (χ2n) is 6.20. The van der Waals surface area contributed by atoms with Crippen LogP contribution in [0.3, 0.4) is 0 Å². The number of aliphatic hydroxyl groups excluding tert-OH is 2. The molecule has 3 rings (SSSR count). The summed E-state index contributed by atoms with van der Waals surface area (Å²) >= 11 is 0. The van der Waals surface area contributed by atoms with Gasteiger partial charge in [0.05, 0.1) is 6.33 Å². The van der Waals surface area contributed by atoms with Gasteiger partial charge in [-0.3, -0.25) is 9.36 Å². The van der Waals surface area contributed by atoms with E-state index in [1.165, 1.54) is 17.9 Å². The maximum Gasteiger partial charge on any atom is 0.251 e. The first-order chi connectivity index (χ1) is 13.0. The van der Waals surface area contributed by atoms with E-state index in [0.717, 1.165) is 19.3 Å². The Morgan fingerprint density at radius 1 is 1.41 bits per heavy atom. The summed E-state index contributed by atoms with van der Waals surface area (Å²) in [6.07, 6.45) is -0.890. The highest BCUT2D eigenvalue weighted by atomic mass is 16.6. The minimum Gasteiger partial charge on any atom is -0.387 e. The summed E-state index contributed by atoms with van der Waals surface area (Å²) in [5.74, 6) is 5.69. The van der Waals surface area contributed by atoms with Gasteiger partial charge in [-0.25, -0.2) is 15.0 Å². The van der Waals surface area contributed by atoms with Crippen molar-refractivity contribution in [3.05, 3.63) is 12.2 Å². The first-order valence-electron chi connectivity index (χ1n) is 8.70. The molecule has 144 valence electrons. The number of nitrogens with zero attached hydrogens (tertiary/aromatic N) is 4. The Balaban J connectivity index is 1.96.